The number of nitrogens with one attached hydrogen (secondary N) is 1. The van der Waals surface area contributed by atoms with Crippen LogP contribution in [0.5, 0.6) is 0 Å². The topological polar surface area (TPSA) is 49.4 Å². The third kappa shape index (κ3) is 3.73. The van der Waals surface area contributed by atoms with Crippen LogP contribution in [0, 0.1) is 6.92 Å². The number of likely N-dealkylation sites (tertiary alicyclic amines) is 1. The number of hydrogen-bond donors (Lipinski definition) is 1. The third-order valence-corrected chi connectivity index (χ3v) is 4.93. The molecule has 1 heterocycles. The minimum atomic E-state index is -0.796. The quantitative estimate of drug-likeness (QED) is 0.911. The molecule has 4 nitrogen and oxygen atoms in total. The molecule has 0 aliphatic carbocycles. The van der Waals surface area contributed by atoms with E-state index in [2.05, 4.69) is 11.4 Å². The van der Waals surface area contributed by atoms with E-state index in [-0.39, 0.29) is 11.8 Å². The molecule has 2 amide bonds. The molecule has 1 N–H and O–H groups in total. The summed E-state index contributed by atoms with van der Waals surface area (Å²) in [4.78, 5) is 27.0. The number of rotatable bonds is 5. The Morgan fingerprint density at radius 2 is 1.84 bits per heavy atom. The van der Waals surface area contributed by atoms with Crippen LogP contribution < -0.4 is 5.32 Å². The van der Waals surface area contributed by atoms with Crippen molar-refractivity contribution in [3.05, 3.63) is 71.3 Å². The lowest BCUT2D eigenvalue weighted by Crippen LogP contribution is -2.53. The molecule has 1 fully saturated rings. The lowest BCUT2D eigenvalue weighted by molar-refractivity contribution is -0.141. The fourth-order valence-electron chi connectivity index (χ4n) is 3.36. The fraction of sp³-hybridized carbons (Fsp3) is 0.333. The molecule has 0 radical (unpaired) electrons. The van der Waals surface area contributed by atoms with Gasteiger partial charge in [-0.2, -0.15) is 0 Å². The summed E-state index contributed by atoms with van der Waals surface area (Å²) in [5, 5.41) is 3.00. The molecule has 1 saturated heterocycles. The highest BCUT2D eigenvalue weighted by atomic mass is 16.2. The molecule has 2 aromatic carbocycles. The normalized spacial score (nSPS) is 19.9. The molecule has 4 heteroatoms. The Hall–Kier alpha value is -2.62. The van der Waals surface area contributed by atoms with E-state index in [1.54, 1.807) is 4.90 Å². The highest BCUT2D eigenvalue weighted by Crippen LogP contribution is 2.32. The van der Waals surface area contributed by atoms with Crippen molar-refractivity contribution in [1.82, 2.24) is 10.2 Å². The molecular formula is C21H24N2O2. The largest absolute Gasteiger partial charge is 0.350 e. The molecule has 3 rings (SSSR count). The Kier molecular flexibility index (Phi) is 4.88. The highest BCUT2D eigenvalue weighted by molar-refractivity contribution is 5.94. The van der Waals surface area contributed by atoms with Crippen molar-refractivity contribution in [3.8, 4) is 0 Å². The summed E-state index contributed by atoms with van der Waals surface area (Å²) < 4.78 is 0. The van der Waals surface area contributed by atoms with Gasteiger partial charge in [0.15, 0.2) is 0 Å². The summed E-state index contributed by atoms with van der Waals surface area (Å²) in [7, 11) is 0. The van der Waals surface area contributed by atoms with Crippen molar-refractivity contribution in [1.29, 1.82) is 0 Å². The Labute approximate surface area is 148 Å². The van der Waals surface area contributed by atoms with Crippen LogP contribution in [0.15, 0.2) is 54.6 Å². The van der Waals surface area contributed by atoms with E-state index in [1.165, 1.54) is 0 Å². The smallest absolute Gasteiger partial charge is 0.245 e. The van der Waals surface area contributed by atoms with E-state index in [4.69, 9.17) is 0 Å². The van der Waals surface area contributed by atoms with Crippen molar-refractivity contribution >= 4 is 11.8 Å². The lowest BCUT2D eigenvalue weighted by Gasteiger charge is -2.34. The maximum absolute atomic E-state index is 12.8. The van der Waals surface area contributed by atoms with Crippen LogP contribution in [0.1, 0.15) is 36.5 Å². The number of benzene rings is 2. The molecule has 0 spiro atoms. The highest BCUT2D eigenvalue weighted by Gasteiger charge is 2.46. The average Bonchev–Trinajstić information content (AvgIpc) is 2.90. The maximum atomic E-state index is 12.8. The minimum absolute atomic E-state index is 0.0406. The first kappa shape index (κ1) is 17.2. The molecule has 0 aromatic heterocycles. The number of carbonyl (C=O) groups is 2. The van der Waals surface area contributed by atoms with Crippen LogP contribution >= 0.6 is 0 Å². The molecule has 25 heavy (non-hydrogen) atoms. The summed E-state index contributed by atoms with van der Waals surface area (Å²) in [5.74, 6) is -0.0475. The second kappa shape index (κ2) is 7.09. The number of nitrogens with zero attached hydrogens (tertiary/aromatic N) is 1. The Morgan fingerprint density at radius 3 is 2.56 bits per heavy atom. The Morgan fingerprint density at radius 1 is 1.12 bits per heavy atom. The summed E-state index contributed by atoms with van der Waals surface area (Å²) in [6.07, 6.45) is 0.972. The summed E-state index contributed by atoms with van der Waals surface area (Å²) in [6.45, 7) is 4.84. The second-order valence-electron chi connectivity index (χ2n) is 6.91. The number of hydrogen-bond acceptors (Lipinski definition) is 2. The first-order chi connectivity index (χ1) is 12.0. The number of aryl methyl sites for hydroxylation is 1. The minimum Gasteiger partial charge on any atom is -0.350 e. The molecular weight excluding hydrogens is 312 g/mol. The van der Waals surface area contributed by atoms with Crippen LogP contribution in [0.2, 0.25) is 0 Å². The second-order valence-corrected chi connectivity index (χ2v) is 6.91. The van der Waals surface area contributed by atoms with Crippen molar-refractivity contribution in [3.63, 3.8) is 0 Å². The van der Waals surface area contributed by atoms with Crippen LogP contribution in [-0.4, -0.2) is 22.3 Å². The van der Waals surface area contributed by atoms with Gasteiger partial charge in [0.2, 0.25) is 11.8 Å². The van der Waals surface area contributed by atoms with Gasteiger partial charge in [-0.25, -0.2) is 0 Å². The zero-order valence-electron chi connectivity index (χ0n) is 14.8. The van der Waals surface area contributed by atoms with Gasteiger partial charge in [0, 0.05) is 19.5 Å². The number of amides is 2. The van der Waals surface area contributed by atoms with Gasteiger partial charge in [-0.3, -0.25) is 9.59 Å². The van der Waals surface area contributed by atoms with E-state index in [9.17, 15) is 9.59 Å². The predicted octanol–water partition coefficient (Wildman–Crippen LogP) is 3.19. The summed E-state index contributed by atoms with van der Waals surface area (Å²) >= 11 is 0. The molecule has 1 aliphatic rings. The zero-order chi connectivity index (χ0) is 17.9. The van der Waals surface area contributed by atoms with Crippen LogP contribution in [-0.2, 0) is 22.7 Å². The SMILES string of the molecule is Cc1cccc(CN2C(=O)CCC2(C)C(=O)NCc2ccccc2)c1. The molecule has 0 saturated carbocycles. The van der Waals surface area contributed by atoms with E-state index in [0.29, 0.717) is 25.9 Å². The van der Waals surface area contributed by atoms with Crippen molar-refractivity contribution < 1.29 is 9.59 Å². The zero-order valence-corrected chi connectivity index (χ0v) is 14.8. The van der Waals surface area contributed by atoms with Gasteiger partial charge in [-0.15, -0.1) is 0 Å². The first-order valence-corrected chi connectivity index (χ1v) is 8.67. The molecule has 2 aromatic rings. The fourth-order valence-corrected chi connectivity index (χ4v) is 3.36. The van der Waals surface area contributed by atoms with Gasteiger partial charge in [0.25, 0.3) is 0 Å². The third-order valence-electron chi connectivity index (χ3n) is 4.93. The van der Waals surface area contributed by atoms with E-state index in [0.717, 1.165) is 16.7 Å². The monoisotopic (exact) mass is 336 g/mol. The maximum Gasteiger partial charge on any atom is 0.245 e. The van der Waals surface area contributed by atoms with Crippen molar-refractivity contribution in [2.45, 2.75) is 45.3 Å². The molecule has 0 bridgehead atoms. The van der Waals surface area contributed by atoms with Gasteiger partial charge in [-0.05, 0) is 31.4 Å². The van der Waals surface area contributed by atoms with Gasteiger partial charge in [0.05, 0.1) is 0 Å². The summed E-state index contributed by atoms with van der Waals surface area (Å²) in [5.41, 5.74) is 2.46. The Bertz CT molecular complexity index is 772. The van der Waals surface area contributed by atoms with Crippen LogP contribution in [0.3, 0.4) is 0 Å². The van der Waals surface area contributed by atoms with Gasteiger partial charge in [0.1, 0.15) is 5.54 Å². The van der Waals surface area contributed by atoms with Crippen molar-refractivity contribution in [2.24, 2.45) is 0 Å². The molecule has 1 atom stereocenters. The van der Waals surface area contributed by atoms with E-state index in [1.807, 2.05) is 62.4 Å². The van der Waals surface area contributed by atoms with E-state index < -0.39 is 5.54 Å². The lowest BCUT2D eigenvalue weighted by atomic mass is 9.96. The Balaban J connectivity index is 1.73. The van der Waals surface area contributed by atoms with E-state index >= 15 is 0 Å². The molecule has 130 valence electrons. The van der Waals surface area contributed by atoms with Crippen LogP contribution in [0.4, 0.5) is 0 Å². The molecule has 1 unspecified atom stereocenters. The summed E-state index contributed by atoms with van der Waals surface area (Å²) in [6, 6.07) is 17.9. The number of carbonyl (C=O) groups excluding carboxylic acids is 2. The van der Waals surface area contributed by atoms with Crippen LogP contribution in [0.25, 0.3) is 0 Å². The van der Waals surface area contributed by atoms with Gasteiger partial charge >= 0.3 is 0 Å². The van der Waals surface area contributed by atoms with Gasteiger partial charge < -0.3 is 10.2 Å². The standard InChI is InChI=1S/C21H24N2O2/c1-16-7-6-10-18(13-16)15-23-19(24)11-12-21(23,2)20(25)22-14-17-8-4-3-5-9-17/h3-10,13H,11-12,14-15H2,1-2H3,(H,22,25). The first-order valence-electron chi connectivity index (χ1n) is 8.67. The average molecular weight is 336 g/mol. The van der Waals surface area contributed by atoms with Gasteiger partial charge in [-0.1, -0.05) is 60.2 Å². The van der Waals surface area contributed by atoms with Crippen molar-refractivity contribution in [2.75, 3.05) is 0 Å². The predicted molar refractivity (Wildman–Crippen MR) is 97.7 cm³/mol. The molecule has 1 aliphatic heterocycles.